The number of amides is 2. The third-order valence-electron chi connectivity index (χ3n) is 2.22. The molecule has 0 aromatic carbocycles. The average molecular weight is 232 g/mol. The lowest BCUT2D eigenvalue weighted by atomic mass is 10.1. The Morgan fingerprint density at radius 3 is 2.44 bits per heavy atom. The third kappa shape index (κ3) is 8.05. The molecule has 0 fully saturated rings. The van der Waals surface area contributed by atoms with Gasteiger partial charge < -0.3 is 10.4 Å². The van der Waals surface area contributed by atoms with Crippen LogP contribution in [-0.4, -0.2) is 42.9 Å². The van der Waals surface area contributed by atoms with E-state index in [2.05, 4.69) is 5.32 Å². The Bertz CT molecular complexity index is 221. The molecule has 0 atom stereocenters. The van der Waals surface area contributed by atoms with Crippen LogP contribution in [0.2, 0.25) is 0 Å². The number of carbonyl (C=O) groups is 2. The fourth-order valence-electron chi connectivity index (χ4n) is 1.21. The number of carbonyl (C=O) groups excluding carboxylic acids is 1. The molecule has 0 aromatic rings. The van der Waals surface area contributed by atoms with Crippen molar-refractivity contribution in [2.45, 2.75) is 32.1 Å². The first-order chi connectivity index (χ1) is 7.57. The van der Waals surface area contributed by atoms with Crippen molar-refractivity contribution in [2.24, 2.45) is 0 Å². The van der Waals surface area contributed by atoms with Gasteiger partial charge in [0.05, 0.1) is 7.11 Å². The van der Waals surface area contributed by atoms with Crippen molar-refractivity contribution in [3.8, 4) is 0 Å². The lowest BCUT2D eigenvalue weighted by Crippen LogP contribution is -2.24. The van der Waals surface area contributed by atoms with Crippen LogP contribution in [0.4, 0.5) is 4.79 Å². The van der Waals surface area contributed by atoms with Crippen molar-refractivity contribution < 1.29 is 19.5 Å². The van der Waals surface area contributed by atoms with Crippen LogP contribution >= 0.6 is 0 Å². The molecule has 0 heterocycles. The Balaban J connectivity index is 3.27. The molecule has 0 saturated carbocycles. The minimum absolute atomic E-state index is 0.0360. The first kappa shape index (κ1) is 14.7. The minimum Gasteiger partial charge on any atom is -0.465 e. The Labute approximate surface area is 95.5 Å². The van der Waals surface area contributed by atoms with E-state index in [4.69, 9.17) is 9.94 Å². The number of unbranched alkanes of at least 4 members (excludes halogenated alkanes) is 3. The van der Waals surface area contributed by atoms with E-state index in [0.29, 0.717) is 13.0 Å². The highest BCUT2D eigenvalue weighted by Crippen LogP contribution is 2.04. The smallest absolute Gasteiger partial charge is 0.404 e. The predicted octanol–water partition coefficient (Wildman–Crippen LogP) is 1.22. The van der Waals surface area contributed by atoms with Gasteiger partial charge in [0.15, 0.2) is 0 Å². The van der Waals surface area contributed by atoms with Crippen LogP contribution in [0.25, 0.3) is 0 Å². The van der Waals surface area contributed by atoms with Gasteiger partial charge in [-0.15, -0.1) is 0 Å². The lowest BCUT2D eigenvalue weighted by molar-refractivity contribution is -0.168. The van der Waals surface area contributed by atoms with E-state index in [1.807, 2.05) is 0 Å². The van der Waals surface area contributed by atoms with Crippen LogP contribution in [0.5, 0.6) is 0 Å². The summed E-state index contributed by atoms with van der Waals surface area (Å²) < 4.78 is 0. The summed E-state index contributed by atoms with van der Waals surface area (Å²) in [6.07, 6.45) is 2.93. The SMILES string of the molecule is CON(C)C(=O)CCCCCCNC(=O)O. The van der Waals surface area contributed by atoms with E-state index in [1.165, 1.54) is 12.2 Å². The summed E-state index contributed by atoms with van der Waals surface area (Å²) in [7, 11) is 3.04. The average Bonchev–Trinajstić information content (AvgIpc) is 2.25. The van der Waals surface area contributed by atoms with Crippen LogP contribution in [0, 0.1) is 0 Å². The summed E-state index contributed by atoms with van der Waals surface area (Å²) in [4.78, 5) is 26.1. The Morgan fingerprint density at radius 2 is 1.88 bits per heavy atom. The van der Waals surface area contributed by atoms with Crippen LogP contribution < -0.4 is 5.32 Å². The highest BCUT2D eigenvalue weighted by atomic mass is 16.7. The number of rotatable bonds is 8. The molecule has 16 heavy (non-hydrogen) atoms. The Kier molecular flexibility index (Phi) is 8.24. The molecule has 0 saturated heterocycles. The number of nitrogens with one attached hydrogen (secondary N) is 1. The molecule has 0 unspecified atom stereocenters. The monoisotopic (exact) mass is 232 g/mol. The van der Waals surface area contributed by atoms with Crippen LogP contribution in [0.1, 0.15) is 32.1 Å². The van der Waals surface area contributed by atoms with Crippen molar-refractivity contribution in [3.05, 3.63) is 0 Å². The van der Waals surface area contributed by atoms with E-state index >= 15 is 0 Å². The molecule has 0 aromatic heterocycles. The van der Waals surface area contributed by atoms with Crippen LogP contribution in [-0.2, 0) is 9.63 Å². The van der Waals surface area contributed by atoms with E-state index in [1.54, 1.807) is 7.05 Å². The molecular weight excluding hydrogens is 212 g/mol. The largest absolute Gasteiger partial charge is 0.465 e. The predicted molar refractivity (Wildman–Crippen MR) is 58.9 cm³/mol. The van der Waals surface area contributed by atoms with Crippen molar-refractivity contribution in [1.82, 2.24) is 10.4 Å². The van der Waals surface area contributed by atoms with Gasteiger partial charge in [0.25, 0.3) is 0 Å². The van der Waals surface area contributed by atoms with Gasteiger partial charge in [-0.05, 0) is 12.8 Å². The summed E-state index contributed by atoms with van der Waals surface area (Å²) in [5.41, 5.74) is 0. The molecule has 6 heteroatoms. The van der Waals surface area contributed by atoms with Gasteiger partial charge >= 0.3 is 6.09 Å². The van der Waals surface area contributed by atoms with Gasteiger partial charge in [-0.1, -0.05) is 12.8 Å². The van der Waals surface area contributed by atoms with Gasteiger partial charge in [-0.25, -0.2) is 9.86 Å². The Morgan fingerprint density at radius 1 is 1.25 bits per heavy atom. The van der Waals surface area contributed by atoms with E-state index in [-0.39, 0.29) is 5.91 Å². The highest BCUT2D eigenvalue weighted by Gasteiger charge is 2.06. The molecule has 6 nitrogen and oxygen atoms in total. The fourth-order valence-corrected chi connectivity index (χ4v) is 1.21. The fraction of sp³-hybridized carbons (Fsp3) is 0.800. The van der Waals surface area contributed by atoms with E-state index in [9.17, 15) is 9.59 Å². The third-order valence-corrected chi connectivity index (χ3v) is 2.22. The maximum atomic E-state index is 11.3. The number of nitrogens with zero attached hydrogens (tertiary/aromatic N) is 1. The van der Waals surface area contributed by atoms with Gasteiger partial charge in [-0.3, -0.25) is 9.63 Å². The van der Waals surface area contributed by atoms with Gasteiger partial charge in [0, 0.05) is 20.0 Å². The first-order valence-corrected chi connectivity index (χ1v) is 5.35. The molecule has 0 rings (SSSR count). The molecular formula is C10H20N2O4. The quantitative estimate of drug-likeness (QED) is 0.487. The molecule has 0 aliphatic rings. The molecule has 0 radical (unpaired) electrons. The molecule has 0 bridgehead atoms. The number of carboxylic acid groups (broad SMARTS) is 1. The first-order valence-electron chi connectivity index (χ1n) is 5.35. The van der Waals surface area contributed by atoms with Crippen LogP contribution in [0.3, 0.4) is 0 Å². The van der Waals surface area contributed by atoms with Crippen LogP contribution in [0.15, 0.2) is 0 Å². The summed E-state index contributed by atoms with van der Waals surface area (Å²) in [6.45, 7) is 0.473. The van der Waals surface area contributed by atoms with Gasteiger partial charge in [0.2, 0.25) is 5.91 Å². The molecule has 0 aliphatic carbocycles. The lowest BCUT2D eigenvalue weighted by Gasteiger charge is -2.12. The second-order valence-electron chi connectivity index (χ2n) is 3.47. The molecule has 2 N–H and O–H groups in total. The summed E-state index contributed by atoms with van der Waals surface area (Å²) >= 11 is 0. The zero-order chi connectivity index (χ0) is 12.4. The topological polar surface area (TPSA) is 78.9 Å². The van der Waals surface area contributed by atoms with Crippen molar-refractivity contribution >= 4 is 12.0 Å². The highest BCUT2D eigenvalue weighted by molar-refractivity contribution is 5.74. The standard InChI is InChI=1S/C10H20N2O4/c1-12(16-2)9(13)7-5-3-4-6-8-11-10(14)15/h11H,3-8H2,1-2H3,(H,14,15). The maximum absolute atomic E-state index is 11.3. The van der Waals surface area contributed by atoms with Crippen molar-refractivity contribution in [2.75, 3.05) is 20.7 Å². The minimum atomic E-state index is -0.989. The van der Waals surface area contributed by atoms with E-state index in [0.717, 1.165) is 25.7 Å². The van der Waals surface area contributed by atoms with Crippen molar-refractivity contribution in [1.29, 1.82) is 0 Å². The second-order valence-corrected chi connectivity index (χ2v) is 3.47. The summed E-state index contributed by atoms with van der Waals surface area (Å²) in [6, 6.07) is 0. The molecule has 0 aliphatic heterocycles. The summed E-state index contributed by atoms with van der Waals surface area (Å²) in [5, 5.41) is 11.8. The molecule has 0 spiro atoms. The number of hydrogen-bond donors (Lipinski definition) is 2. The van der Waals surface area contributed by atoms with E-state index < -0.39 is 6.09 Å². The maximum Gasteiger partial charge on any atom is 0.404 e. The van der Waals surface area contributed by atoms with Gasteiger partial charge in [0.1, 0.15) is 0 Å². The normalized spacial score (nSPS) is 9.88. The number of hydroxylamine groups is 2. The van der Waals surface area contributed by atoms with Crippen molar-refractivity contribution in [3.63, 3.8) is 0 Å². The second kappa shape index (κ2) is 8.96. The number of hydrogen-bond acceptors (Lipinski definition) is 3. The summed E-state index contributed by atoms with van der Waals surface area (Å²) in [5.74, 6) is -0.0360. The van der Waals surface area contributed by atoms with Gasteiger partial charge in [-0.2, -0.15) is 0 Å². The molecule has 94 valence electrons. The zero-order valence-electron chi connectivity index (χ0n) is 9.86. The molecule has 2 amide bonds. The zero-order valence-corrected chi connectivity index (χ0v) is 9.86. The Hall–Kier alpha value is -1.30.